The van der Waals surface area contributed by atoms with Crippen LogP contribution in [-0.4, -0.2) is 88.3 Å². The average Bonchev–Trinajstić information content (AvgIpc) is 3.32. The third-order valence-electron chi connectivity index (χ3n) is 4.79. The smallest absolute Gasteiger partial charge is 0.387 e. The summed E-state index contributed by atoms with van der Waals surface area (Å²) in [4.78, 5) is 60.9. The fourth-order valence-corrected chi connectivity index (χ4v) is 4.80. The summed E-state index contributed by atoms with van der Waals surface area (Å²) in [6.45, 7) is 3.10. The topological polar surface area (TPSA) is 268 Å². The SMILES string of the molecule is C=CC(=O)NCCCNc1nc2c(ncn2C2OC(COP(=O)(O)OP(=O)(O)O)C(O)C2O)c(=O)[nH]1. The van der Waals surface area contributed by atoms with E-state index in [0.717, 1.165) is 17.0 Å². The van der Waals surface area contributed by atoms with Crippen LogP contribution in [0, 0.1) is 0 Å². The number of nitrogens with zero attached hydrogens (tertiary/aromatic N) is 3. The van der Waals surface area contributed by atoms with Gasteiger partial charge in [0, 0.05) is 13.1 Å². The van der Waals surface area contributed by atoms with E-state index in [-0.39, 0.29) is 23.0 Å². The van der Waals surface area contributed by atoms with E-state index in [1.807, 2.05) is 0 Å². The summed E-state index contributed by atoms with van der Waals surface area (Å²) in [6.07, 6.45) is -3.37. The minimum absolute atomic E-state index is 0.0308. The average molecular weight is 554 g/mol. The van der Waals surface area contributed by atoms with Crippen LogP contribution in [0.4, 0.5) is 5.95 Å². The first-order valence-electron chi connectivity index (χ1n) is 10.2. The van der Waals surface area contributed by atoms with E-state index in [2.05, 4.69) is 41.0 Å². The predicted molar refractivity (Wildman–Crippen MR) is 119 cm³/mol. The Morgan fingerprint density at radius 3 is 2.67 bits per heavy atom. The van der Waals surface area contributed by atoms with Crippen LogP contribution in [0.3, 0.4) is 0 Å². The van der Waals surface area contributed by atoms with Crippen molar-refractivity contribution in [1.29, 1.82) is 0 Å². The van der Waals surface area contributed by atoms with E-state index < -0.39 is 52.4 Å². The molecule has 0 saturated carbocycles. The lowest BCUT2D eigenvalue weighted by atomic mass is 10.1. The maximum atomic E-state index is 12.4. The molecule has 2 aromatic heterocycles. The molecule has 1 saturated heterocycles. The number of hydrogen-bond donors (Lipinski definition) is 8. The quantitative estimate of drug-likeness (QED) is 0.0806. The maximum absolute atomic E-state index is 12.4. The van der Waals surface area contributed by atoms with E-state index >= 15 is 0 Å². The molecule has 0 aromatic carbocycles. The Morgan fingerprint density at radius 1 is 1.28 bits per heavy atom. The minimum Gasteiger partial charge on any atom is -0.387 e. The van der Waals surface area contributed by atoms with Gasteiger partial charge >= 0.3 is 15.6 Å². The molecule has 8 N–H and O–H groups in total. The van der Waals surface area contributed by atoms with Gasteiger partial charge in [-0.15, -0.1) is 0 Å². The van der Waals surface area contributed by atoms with Gasteiger partial charge in [0.1, 0.15) is 18.3 Å². The van der Waals surface area contributed by atoms with Gasteiger partial charge in [-0.3, -0.25) is 23.7 Å². The number of aromatic amines is 1. The van der Waals surface area contributed by atoms with Gasteiger partial charge in [0.2, 0.25) is 11.9 Å². The van der Waals surface area contributed by atoms with Crippen molar-refractivity contribution in [1.82, 2.24) is 24.8 Å². The molecule has 0 radical (unpaired) electrons. The number of anilines is 1. The second-order valence-electron chi connectivity index (χ2n) is 7.40. The molecule has 2 aromatic rings. The van der Waals surface area contributed by atoms with Gasteiger partial charge in [0.05, 0.1) is 12.9 Å². The van der Waals surface area contributed by atoms with Crippen LogP contribution in [0.1, 0.15) is 12.6 Å². The molecule has 1 aliphatic heterocycles. The molecule has 3 heterocycles. The van der Waals surface area contributed by atoms with Crippen molar-refractivity contribution in [2.75, 3.05) is 25.0 Å². The number of nitrogens with one attached hydrogen (secondary N) is 3. The van der Waals surface area contributed by atoms with E-state index in [0.29, 0.717) is 19.5 Å². The number of carbonyl (C=O) groups excluding carboxylic acids is 1. The molecule has 0 aliphatic carbocycles. The molecule has 0 bridgehead atoms. The van der Waals surface area contributed by atoms with Crippen LogP contribution in [-0.2, 0) is 27.5 Å². The summed E-state index contributed by atoms with van der Waals surface area (Å²) >= 11 is 0. The summed E-state index contributed by atoms with van der Waals surface area (Å²) in [5, 5.41) is 26.2. The van der Waals surface area contributed by atoms with Crippen LogP contribution < -0.4 is 16.2 Å². The highest BCUT2D eigenvalue weighted by Gasteiger charge is 2.46. The number of phosphoric ester groups is 1. The Balaban J connectivity index is 1.71. The van der Waals surface area contributed by atoms with Gasteiger partial charge in [0.15, 0.2) is 17.4 Å². The van der Waals surface area contributed by atoms with Crippen molar-refractivity contribution in [3.05, 3.63) is 29.3 Å². The van der Waals surface area contributed by atoms with Crippen molar-refractivity contribution in [3.8, 4) is 0 Å². The van der Waals surface area contributed by atoms with E-state index in [1.54, 1.807) is 0 Å². The number of phosphoric acid groups is 2. The Bertz CT molecular complexity index is 1260. The van der Waals surface area contributed by atoms with Gasteiger partial charge < -0.3 is 40.3 Å². The summed E-state index contributed by atoms with van der Waals surface area (Å²) in [5.74, 6) is -0.281. The number of carbonyl (C=O) groups is 1. The van der Waals surface area contributed by atoms with Gasteiger partial charge in [0.25, 0.3) is 5.56 Å². The number of hydrogen-bond acceptors (Lipinski definition) is 12. The molecule has 200 valence electrons. The van der Waals surface area contributed by atoms with Gasteiger partial charge in [-0.1, -0.05) is 6.58 Å². The number of imidazole rings is 1. The molecule has 3 rings (SSSR count). The Labute approximate surface area is 201 Å². The number of ether oxygens (including phenoxy) is 1. The number of aliphatic hydroxyl groups is 2. The van der Waals surface area contributed by atoms with Crippen LogP contribution in [0.15, 0.2) is 23.8 Å². The van der Waals surface area contributed by atoms with Crippen molar-refractivity contribution in [3.63, 3.8) is 0 Å². The molecular formula is C16H24N6O12P2. The zero-order chi connectivity index (χ0) is 26.7. The largest absolute Gasteiger partial charge is 0.481 e. The Hall–Kier alpha value is -2.50. The highest BCUT2D eigenvalue weighted by Crippen LogP contribution is 2.57. The standard InChI is InChI=1S/C16H24N6O12P2/c1-2-9(23)17-4-3-5-18-16-20-13-10(14(26)21-16)19-7-22(13)15-12(25)11(24)8(33-15)6-32-36(30,31)34-35(27,28)29/h2,7-8,11-12,15,24-25H,1,3-6H2,(H,17,23)(H,30,31)(H2,27,28,29)(H2,18,20,21,26). The molecule has 5 unspecified atom stereocenters. The molecule has 36 heavy (non-hydrogen) atoms. The van der Waals surface area contributed by atoms with Crippen molar-refractivity contribution < 1.29 is 52.4 Å². The van der Waals surface area contributed by atoms with Gasteiger partial charge in [-0.25, -0.2) is 14.1 Å². The highest BCUT2D eigenvalue weighted by molar-refractivity contribution is 7.60. The second kappa shape index (κ2) is 11.3. The number of amides is 1. The first-order valence-corrected chi connectivity index (χ1v) is 13.2. The molecule has 1 aliphatic rings. The summed E-state index contributed by atoms with van der Waals surface area (Å²) < 4.78 is 37.1. The molecular weight excluding hydrogens is 530 g/mol. The molecule has 20 heteroatoms. The van der Waals surface area contributed by atoms with Crippen LogP contribution in [0.5, 0.6) is 0 Å². The minimum atomic E-state index is -5.36. The summed E-state index contributed by atoms with van der Waals surface area (Å²) in [7, 11) is -10.6. The van der Waals surface area contributed by atoms with Crippen molar-refractivity contribution >= 4 is 38.7 Å². The lowest BCUT2D eigenvalue weighted by molar-refractivity contribution is -0.116. The van der Waals surface area contributed by atoms with E-state index in [9.17, 15) is 33.8 Å². The first kappa shape index (κ1) is 28.1. The molecule has 1 amide bonds. The lowest BCUT2D eigenvalue weighted by Gasteiger charge is -2.17. The molecule has 18 nitrogen and oxygen atoms in total. The molecule has 1 fully saturated rings. The summed E-state index contributed by atoms with van der Waals surface area (Å²) in [6, 6.07) is 0. The zero-order valence-electron chi connectivity index (χ0n) is 18.3. The third kappa shape index (κ3) is 7.04. The van der Waals surface area contributed by atoms with Gasteiger partial charge in [-0.05, 0) is 12.5 Å². The predicted octanol–water partition coefficient (Wildman–Crippen LogP) is -1.93. The van der Waals surface area contributed by atoms with Gasteiger partial charge in [-0.2, -0.15) is 9.29 Å². The molecule has 0 spiro atoms. The first-order chi connectivity index (χ1) is 16.8. The normalized spacial score (nSPS) is 23.9. The monoisotopic (exact) mass is 554 g/mol. The number of H-pyrrole nitrogens is 1. The van der Waals surface area contributed by atoms with Crippen molar-refractivity contribution in [2.45, 2.75) is 31.0 Å². The van der Waals surface area contributed by atoms with E-state index in [1.165, 1.54) is 0 Å². The van der Waals surface area contributed by atoms with Crippen LogP contribution in [0.25, 0.3) is 11.2 Å². The van der Waals surface area contributed by atoms with E-state index in [4.69, 9.17) is 14.5 Å². The van der Waals surface area contributed by atoms with Crippen LogP contribution >= 0.6 is 15.6 Å². The van der Waals surface area contributed by atoms with Crippen molar-refractivity contribution in [2.24, 2.45) is 0 Å². The lowest BCUT2D eigenvalue weighted by Crippen LogP contribution is -2.33. The Morgan fingerprint density at radius 2 is 2.00 bits per heavy atom. The Kier molecular flexibility index (Phi) is 8.79. The fourth-order valence-electron chi connectivity index (χ4n) is 3.20. The number of rotatable bonds is 12. The molecule has 5 atom stereocenters. The maximum Gasteiger partial charge on any atom is 0.481 e. The highest BCUT2D eigenvalue weighted by atomic mass is 31.3. The number of aromatic nitrogens is 4. The fraction of sp³-hybridized carbons (Fsp3) is 0.500. The number of aliphatic hydroxyl groups excluding tert-OH is 2. The zero-order valence-corrected chi connectivity index (χ0v) is 20.1. The second-order valence-corrected chi connectivity index (χ2v) is 10.2. The number of fused-ring (bicyclic) bond motifs is 1. The van der Waals surface area contributed by atoms with Crippen LogP contribution in [0.2, 0.25) is 0 Å². The third-order valence-corrected chi connectivity index (χ3v) is 6.94. The summed E-state index contributed by atoms with van der Waals surface area (Å²) in [5.41, 5.74) is -0.764.